The number of hydrogen-bond donors (Lipinski definition) is 1. The Morgan fingerprint density at radius 3 is 2.85 bits per heavy atom. The highest BCUT2D eigenvalue weighted by molar-refractivity contribution is 9.10. The molecule has 1 aromatic carbocycles. The summed E-state index contributed by atoms with van der Waals surface area (Å²) in [6.07, 6.45) is 2.00. The largest absolute Gasteiger partial charge is 0.469 e. The van der Waals surface area contributed by atoms with Gasteiger partial charge < -0.3 is 10.5 Å². The average molecular weight is 337 g/mol. The van der Waals surface area contributed by atoms with Crippen molar-refractivity contribution in [3.05, 3.63) is 40.5 Å². The van der Waals surface area contributed by atoms with Crippen LogP contribution >= 0.6 is 15.9 Å². The van der Waals surface area contributed by atoms with Crippen molar-refractivity contribution in [2.45, 2.75) is 25.3 Å². The Morgan fingerprint density at radius 2 is 2.20 bits per heavy atom. The maximum absolute atomic E-state index is 11.6. The van der Waals surface area contributed by atoms with Crippen LogP contribution in [-0.4, -0.2) is 24.1 Å². The molecule has 2 N–H and O–H groups in total. The number of fused-ring (bicyclic) bond motifs is 1. The van der Waals surface area contributed by atoms with E-state index in [1.165, 1.54) is 7.11 Å². The van der Waals surface area contributed by atoms with E-state index in [0.717, 1.165) is 20.9 Å². The molecule has 0 amide bonds. The summed E-state index contributed by atoms with van der Waals surface area (Å²) in [4.78, 5) is 16.0. The molecule has 0 aliphatic carbocycles. The van der Waals surface area contributed by atoms with E-state index in [0.29, 0.717) is 0 Å². The lowest BCUT2D eigenvalue weighted by molar-refractivity contribution is -0.141. The van der Waals surface area contributed by atoms with Crippen molar-refractivity contribution < 1.29 is 9.53 Å². The van der Waals surface area contributed by atoms with E-state index in [1.807, 2.05) is 31.2 Å². The Hall–Kier alpha value is -1.46. The van der Waals surface area contributed by atoms with Crippen LogP contribution in [0.1, 0.15) is 24.8 Å². The first-order valence-corrected chi connectivity index (χ1v) is 7.19. The molecule has 0 radical (unpaired) electrons. The third kappa shape index (κ3) is 2.99. The third-order valence-electron chi connectivity index (χ3n) is 3.40. The highest BCUT2D eigenvalue weighted by Gasteiger charge is 2.23. The van der Waals surface area contributed by atoms with Gasteiger partial charge >= 0.3 is 5.97 Å². The Kier molecular flexibility index (Phi) is 4.73. The molecule has 2 rings (SSSR count). The lowest BCUT2D eigenvalue weighted by atomic mass is 9.88. The number of aromatic nitrogens is 1. The van der Waals surface area contributed by atoms with Gasteiger partial charge in [0, 0.05) is 28.0 Å². The number of rotatable bonds is 4. The van der Waals surface area contributed by atoms with E-state index in [1.54, 1.807) is 6.20 Å². The molecule has 2 atom stereocenters. The van der Waals surface area contributed by atoms with Crippen molar-refractivity contribution in [2.75, 3.05) is 7.11 Å². The number of benzene rings is 1. The first kappa shape index (κ1) is 14.9. The minimum Gasteiger partial charge on any atom is -0.469 e. The number of carbonyl (C=O) groups is 1. The van der Waals surface area contributed by atoms with Crippen LogP contribution in [0.25, 0.3) is 10.9 Å². The smallest absolute Gasteiger partial charge is 0.306 e. The highest BCUT2D eigenvalue weighted by atomic mass is 79.9. The van der Waals surface area contributed by atoms with Crippen molar-refractivity contribution in [3.8, 4) is 0 Å². The fourth-order valence-electron chi connectivity index (χ4n) is 2.30. The van der Waals surface area contributed by atoms with Crippen LogP contribution in [0.15, 0.2) is 34.9 Å². The first-order chi connectivity index (χ1) is 9.54. The van der Waals surface area contributed by atoms with Gasteiger partial charge in [-0.2, -0.15) is 0 Å². The SMILES string of the molecule is COC(=O)CC(c1ccc(Br)c2cccnc12)C(C)N. The summed E-state index contributed by atoms with van der Waals surface area (Å²) in [6, 6.07) is 7.65. The van der Waals surface area contributed by atoms with Gasteiger partial charge in [0.25, 0.3) is 0 Å². The van der Waals surface area contributed by atoms with Gasteiger partial charge in [0.15, 0.2) is 0 Å². The standard InChI is InChI=1S/C15H17BrN2O2/c1-9(17)12(8-14(19)20-2)10-5-6-13(16)11-4-3-7-18-15(10)11/h3-7,9,12H,8,17H2,1-2H3. The maximum Gasteiger partial charge on any atom is 0.306 e. The summed E-state index contributed by atoms with van der Waals surface area (Å²) >= 11 is 3.52. The van der Waals surface area contributed by atoms with Gasteiger partial charge in [0.05, 0.1) is 19.0 Å². The lowest BCUT2D eigenvalue weighted by Gasteiger charge is -2.21. The molecule has 0 bridgehead atoms. The normalized spacial score (nSPS) is 14.0. The number of halogens is 1. The fourth-order valence-corrected chi connectivity index (χ4v) is 2.75. The van der Waals surface area contributed by atoms with E-state index in [-0.39, 0.29) is 24.3 Å². The van der Waals surface area contributed by atoms with E-state index >= 15 is 0 Å². The number of hydrogen-bond acceptors (Lipinski definition) is 4. The molecule has 4 nitrogen and oxygen atoms in total. The Bertz CT molecular complexity index is 628. The lowest BCUT2D eigenvalue weighted by Crippen LogP contribution is -2.27. The molecule has 0 aliphatic rings. The number of carbonyl (C=O) groups excluding carboxylic acids is 1. The second kappa shape index (κ2) is 6.33. The van der Waals surface area contributed by atoms with Crippen LogP contribution in [-0.2, 0) is 9.53 Å². The predicted octanol–water partition coefficient (Wildman–Crippen LogP) is 2.99. The molecule has 2 unspecified atom stereocenters. The first-order valence-electron chi connectivity index (χ1n) is 6.40. The van der Waals surface area contributed by atoms with Crippen molar-refractivity contribution in [1.29, 1.82) is 0 Å². The summed E-state index contributed by atoms with van der Waals surface area (Å²) in [6.45, 7) is 1.89. The van der Waals surface area contributed by atoms with E-state index in [9.17, 15) is 4.79 Å². The molecule has 2 aromatic rings. The fraction of sp³-hybridized carbons (Fsp3) is 0.333. The van der Waals surface area contributed by atoms with Crippen molar-refractivity contribution in [1.82, 2.24) is 4.98 Å². The van der Waals surface area contributed by atoms with Gasteiger partial charge in [-0.1, -0.05) is 28.1 Å². The monoisotopic (exact) mass is 336 g/mol. The number of pyridine rings is 1. The predicted molar refractivity (Wildman–Crippen MR) is 82.5 cm³/mol. The van der Waals surface area contributed by atoms with Crippen LogP contribution in [0.2, 0.25) is 0 Å². The third-order valence-corrected chi connectivity index (χ3v) is 4.09. The second-order valence-corrected chi connectivity index (χ2v) is 5.64. The van der Waals surface area contributed by atoms with Gasteiger partial charge in [0.2, 0.25) is 0 Å². The molecule has 1 heterocycles. The summed E-state index contributed by atoms with van der Waals surface area (Å²) in [5, 5.41) is 1.01. The van der Waals surface area contributed by atoms with Crippen molar-refractivity contribution in [3.63, 3.8) is 0 Å². The van der Waals surface area contributed by atoms with Crippen LogP contribution in [0.3, 0.4) is 0 Å². The molecule has 0 saturated heterocycles. The van der Waals surface area contributed by atoms with Crippen LogP contribution in [0.5, 0.6) is 0 Å². The van der Waals surface area contributed by atoms with Crippen molar-refractivity contribution in [2.24, 2.45) is 5.73 Å². The van der Waals surface area contributed by atoms with E-state index in [4.69, 9.17) is 10.5 Å². The molecule has 20 heavy (non-hydrogen) atoms. The molecule has 0 spiro atoms. The summed E-state index contributed by atoms with van der Waals surface area (Å²) in [5.74, 6) is -0.382. The van der Waals surface area contributed by atoms with Gasteiger partial charge in [-0.25, -0.2) is 0 Å². The topological polar surface area (TPSA) is 65.2 Å². The van der Waals surface area contributed by atoms with Crippen molar-refractivity contribution >= 4 is 32.8 Å². The van der Waals surface area contributed by atoms with E-state index < -0.39 is 0 Å². The quantitative estimate of drug-likeness (QED) is 0.871. The van der Waals surface area contributed by atoms with Gasteiger partial charge in [-0.15, -0.1) is 0 Å². The zero-order valence-corrected chi connectivity index (χ0v) is 13.1. The molecule has 0 saturated carbocycles. The number of nitrogens with zero attached hydrogens (tertiary/aromatic N) is 1. The Labute approximate surface area is 126 Å². The second-order valence-electron chi connectivity index (χ2n) is 4.78. The zero-order valence-electron chi connectivity index (χ0n) is 11.5. The number of ether oxygens (including phenoxy) is 1. The van der Waals surface area contributed by atoms with Crippen LogP contribution in [0.4, 0.5) is 0 Å². The summed E-state index contributed by atoms with van der Waals surface area (Å²) in [7, 11) is 1.39. The average Bonchev–Trinajstić information content (AvgIpc) is 2.45. The van der Waals surface area contributed by atoms with Crippen LogP contribution < -0.4 is 5.73 Å². The Morgan fingerprint density at radius 1 is 1.45 bits per heavy atom. The Balaban J connectivity index is 2.54. The molecule has 5 heteroatoms. The zero-order chi connectivity index (χ0) is 14.7. The summed E-state index contributed by atoms with van der Waals surface area (Å²) < 4.78 is 5.74. The maximum atomic E-state index is 11.6. The molecule has 106 valence electrons. The molecular formula is C15H17BrN2O2. The molecule has 1 aromatic heterocycles. The number of methoxy groups -OCH3 is 1. The molecular weight excluding hydrogens is 320 g/mol. The molecule has 0 fully saturated rings. The summed E-state index contributed by atoms with van der Waals surface area (Å²) in [5.41, 5.74) is 7.90. The van der Waals surface area contributed by atoms with Crippen LogP contribution in [0, 0.1) is 0 Å². The minimum atomic E-state index is -0.265. The number of esters is 1. The highest BCUT2D eigenvalue weighted by Crippen LogP contribution is 2.32. The van der Waals surface area contributed by atoms with E-state index in [2.05, 4.69) is 20.9 Å². The molecule has 0 aliphatic heterocycles. The minimum absolute atomic E-state index is 0.118. The van der Waals surface area contributed by atoms with Gasteiger partial charge in [-0.3, -0.25) is 9.78 Å². The number of nitrogens with two attached hydrogens (primary N) is 1. The van der Waals surface area contributed by atoms with Gasteiger partial charge in [0.1, 0.15) is 0 Å². The van der Waals surface area contributed by atoms with Gasteiger partial charge in [-0.05, 0) is 24.6 Å².